The molecular weight excluding hydrogens is 437 g/mol. The summed E-state index contributed by atoms with van der Waals surface area (Å²) in [4.78, 5) is 44.1. The molecule has 0 saturated carbocycles. The van der Waals surface area contributed by atoms with Gasteiger partial charge in [0, 0.05) is 30.5 Å². The van der Waals surface area contributed by atoms with Gasteiger partial charge in [0.1, 0.15) is 17.9 Å². The average molecular weight is 468 g/mol. The quantitative estimate of drug-likeness (QED) is 0.708. The molecule has 2 aromatic carbocycles. The molecule has 2 aromatic rings. The molecule has 2 fully saturated rings. The summed E-state index contributed by atoms with van der Waals surface area (Å²) >= 11 is 0. The molecule has 2 heterocycles. The van der Waals surface area contributed by atoms with Crippen LogP contribution in [0.1, 0.15) is 26.7 Å². The van der Waals surface area contributed by atoms with Gasteiger partial charge in [-0.25, -0.2) is 9.18 Å². The number of benzene rings is 2. The predicted octanol–water partition coefficient (Wildman–Crippen LogP) is 3.02. The third-order valence-corrected chi connectivity index (χ3v) is 6.32. The molecular formula is C25H30FN5O3. The van der Waals surface area contributed by atoms with E-state index in [0.29, 0.717) is 38.3 Å². The van der Waals surface area contributed by atoms with Gasteiger partial charge in [-0.1, -0.05) is 24.3 Å². The van der Waals surface area contributed by atoms with Crippen molar-refractivity contribution in [3.63, 3.8) is 0 Å². The molecule has 0 unspecified atom stereocenters. The monoisotopic (exact) mass is 467 g/mol. The first-order chi connectivity index (χ1) is 16.3. The number of carbonyl (C=O) groups excluding carboxylic acids is 3. The number of carbonyl (C=O) groups is 3. The molecule has 180 valence electrons. The van der Waals surface area contributed by atoms with Crippen LogP contribution in [0.5, 0.6) is 0 Å². The normalized spacial score (nSPS) is 17.4. The molecule has 4 amide bonds. The SMILES string of the molecule is CC(C)NC(=O)CN1CN(c2ccccc2)C2(CCN(C(=O)Nc3cccc(F)c3)CC2)C1=O. The number of rotatable bonds is 5. The summed E-state index contributed by atoms with van der Waals surface area (Å²) in [5.74, 6) is -0.715. The van der Waals surface area contributed by atoms with E-state index in [1.54, 1.807) is 15.9 Å². The zero-order chi connectivity index (χ0) is 24.3. The van der Waals surface area contributed by atoms with Crippen LogP contribution in [0.2, 0.25) is 0 Å². The van der Waals surface area contributed by atoms with Crippen molar-refractivity contribution < 1.29 is 18.8 Å². The molecule has 9 heteroatoms. The third kappa shape index (κ3) is 4.83. The number of hydrogen-bond donors (Lipinski definition) is 2. The van der Waals surface area contributed by atoms with E-state index in [1.165, 1.54) is 18.2 Å². The number of hydrogen-bond acceptors (Lipinski definition) is 4. The molecule has 0 bridgehead atoms. The van der Waals surface area contributed by atoms with Crippen molar-refractivity contribution in [3.05, 3.63) is 60.4 Å². The second-order valence-electron chi connectivity index (χ2n) is 9.09. The van der Waals surface area contributed by atoms with E-state index < -0.39 is 11.4 Å². The summed E-state index contributed by atoms with van der Waals surface area (Å²) in [7, 11) is 0. The number of nitrogens with one attached hydrogen (secondary N) is 2. The fourth-order valence-corrected chi connectivity index (χ4v) is 4.71. The van der Waals surface area contributed by atoms with Gasteiger partial charge in [0.05, 0.1) is 6.67 Å². The van der Waals surface area contributed by atoms with E-state index in [2.05, 4.69) is 15.5 Å². The highest BCUT2D eigenvalue weighted by atomic mass is 19.1. The Hall–Kier alpha value is -3.62. The fraction of sp³-hybridized carbons (Fsp3) is 0.400. The summed E-state index contributed by atoms with van der Waals surface area (Å²) < 4.78 is 13.5. The largest absolute Gasteiger partial charge is 0.352 e. The van der Waals surface area contributed by atoms with Gasteiger partial charge in [-0.05, 0) is 57.0 Å². The number of nitrogens with zero attached hydrogens (tertiary/aromatic N) is 3. The lowest BCUT2D eigenvalue weighted by Gasteiger charge is -2.43. The summed E-state index contributed by atoms with van der Waals surface area (Å²) in [6.45, 7) is 4.79. The average Bonchev–Trinajstić information content (AvgIpc) is 3.05. The number of halogens is 1. The van der Waals surface area contributed by atoms with Crippen molar-refractivity contribution in [1.82, 2.24) is 15.1 Å². The highest BCUT2D eigenvalue weighted by Crippen LogP contribution is 2.39. The van der Waals surface area contributed by atoms with E-state index in [1.807, 2.05) is 44.2 Å². The van der Waals surface area contributed by atoms with Crippen LogP contribution in [0.4, 0.5) is 20.6 Å². The minimum atomic E-state index is -0.824. The molecule has 0 atom stereocenters. The van der Waals surface area contributed by atoms with Crippen molar-refractivity contribution in [1.29, 1.82) is 0 Å². The topological polar surface area (TPSA) is 85.0 Å². The second kappa shape index (κ2) is 9.70. The first-order valence-electron chi connectivity index (χ1n) is 11.5. The van der Waals surface area contributed by atoms with Crippen molar-refractivity contribution in [2.45, 2.75) is 38.3 Å². The molecule has 2 aliphatic heterocycles. The Kier molecular flexibility index (Phi) is 6.72. The molecule has 0 aliphatic carbocycles. The van der Waals surface area contributed by atoms with Crippen LogP contribution in [0, 0.1) is 5.82 Å². The molecule has 34 heavy (non-hydrogen) atoms. The molecule has 2 N–H and O–H groups in total. The third-order valence-electron chi connectivity index (χ3n) is 6.32. The maximum absolute atomic E-state index is 13.6. The predicted molar refractivity (Wildman–Crippen MR) is 128 cm³/mol. The standard InChI is InChI=1S/C25H30FN5O3/c1-18(2)27-22(32)16-30-17-31(21-9-4-3-5-10-21)25(23(30)33)11-13-29(14-12-25)24(34)28-20-8-6-7-19(26)15-20/h3-10,15,18H,11-14,16-17H2,1-2H3,(H,27,32)(H,28,34). The van der Waals surface area contributed by atoms with Crippen molar-refractivity contribution in [2.24, 2.45) is 0 Å². The zero-order valence-electron chi connectivity index (χ0n) is 19.5. The van der Waals surface area contributed by atoms with Gasteiger partial charge in [-0.15, -0.1) is 0 Å². The van der Waals surface area contributed by atoms with E-state index in [0.717, 1.165) is 5.69 Å². The second-order valence-corrected chi connectivity index (χ2v) is 9.09. The number of amides is 4. The van der Waals surface area contributed by atoms with Crippen molar-refractivity contribution >= 4 is 29.2 Å². The Bertz CT molecular complexity index is 1050. The number of anilines is 2. The van der Waals surface area contributed by atoms with Crippen LogP contribution < -0.4 is 15.5 Å². The Morgan fingerprint density at radius 3 is 2.41 bits per heavy atom. The van der Waals surface area contributed by atoms with Gasteiger partial charge in [-0.3, -0.25) is 9.59 Å². The van der Waals surface area contributed by atoms with E-state index in [4.69, 9.17) is 0 Å². The van der Waals surface area contributed by atoms with Crippen molar-refractivity contribution in [2.75, 3.05) is 36.5 Å². The Labute approximate surface area is 198 Å². The summed E-state index contributed by atoms with van der Waals surface area (Å²) in [6.07, 6.45) is 0.860. The number of piperidine rings is 1. The number of likely N-dealkylation sites (tertiary alicyclic amines) is 1. The van der Waals surface area contributed by atoms with E-state index >= 15 is 0 Å². The van der Waals surface area contributed by atoms with Crippen LogP contribution in [0.25, 0.3) is 0 Å². The molecule has 0 radical (unpaired) electrons. The lowest BCUT2D eigenvalue weighted by molar-refractivity contribution is -0.137. The van der Waals surface area contributed by atoms with Gasteiger partial charge >= 0.3 is 6.03 Å². The Morgan fingerprint density at radius 2 is 1.76 bits per heavy atom. The Morgan fingerprint density at radius 1 is 1.06 bits per heavy atom. The fourth-order valence-electron chi connectivity index (χ4n) is 4.71. The van der Waals surface area contributed by atoms with Gasteiger partial charge < -0.3 is 25.3 Å². The first kappa shape index (κ1) is 23.5. The maximum atomic E-state index is 13.6. The lowest BCUT2D eigenvalue weighted by Crippen LogP contribution is -2.58. The first-order valence-corrected chi connectivity index (χ1v) is 11.5. The van der Waals surface area contributed by atoms with Crippen LogP contribution in [0.15, 0.2) is 54.6 Å². The summed E-state index contributed by atoms with van der Waals surface area (Å²) in [6, 6.07) is 15.1. The number of para-hydroxylation sites is 1. The summed E-state index contributed by atoms with van der Waals surface area (Å²) in [5.41, 5.74) is 0.463. The molecule has 2 aliphatic rings. The smallest absolute Gasteiger partial charge is 0.321 e. The van der Waals surface area contributed by atoms with Gasteiger partial charge in [-0.2, -0.15) is 0 Å². The Balaban J connectivity index is 1.50. The summed E-state index contributed by atoms with van der Waals surface area (Å²) in [5, 5.41) is 5.57. The van der Waals surface area contributed by atoms with Gasteiger partial charge in [0.2, 0.25) is 5.91 Å². The zero-order valence-corrected chi connectivity index (χ0v) is 19.5. The molecule has 2 saturated heterocycles. The van der Waals surface area contributed by atoms with E-state index in [-0.39, 0.29) is 30.4 Å². The van der Waals surface area contributed by atoms with Crippen LogP contribution in [-0.2, 0) is 9.59 Å². The van der Waals surface area contributed by atoms with Gasteiger partial charge in [0.25, 0.3) is 5.91 Å². The molecule has 1 spiro atoms. The minimum Gasteiger partial charge on any atom is -0.352 e. The van der Waals surface area contributed by atoms with Crippen LogP contribution in [0.3, 0.4) is 0 Å². The molecule has 0 aromatic heterocycles. The van der Waals surface area contributed by atoms with Crippen LogP contribution >= 0.6 is 0 Å². The highest BCUT2D eigenvalue weighted by molar-refractivity contribution is 5.97. The maximum Gasteiger partial charge on any atom is 0.321 e. The van der Waals surface area contributed by atoms with Crippen molar-refractivity contribution in [3.8, 4) is 0 Å². The highest BCUT2D eigenvalue weighted by Gasteiger charge is 2.54. The minimum absolute atomic E-state index is 0.00807. The lowest BCUT2D eigenvalue weighted by atomic mass is 9.85. The van der Waals surface area contributed by atoms with Gasteiger partial charge in [0.15, 0.2) is 0 Å². The molecule has 8 nitrogen and oxygen atoms in total. The molecule has 4 rings (SSSR count). The number of urea groups is 1. The van der Waals surface area contributed by atoms with E-state index in [9.17, 15) is 18.8 Å². The van der Waals surface area contributed by atoms with Crippen LogP contribution in [-0.4, -0.2) is 65.5 Å².